The topological polar surface area (TPSA) is 143 Å². The van der Waals surface area contributed by atoms with E-state index >= 15 is 0 Å². The minimum atomic E-state index is -1.11. The molecule has 3 aliphatic rings. The zero-order valence-corrected chi connectivity index (χ0v) is 26.2. The standard InChI is InChI=1S/C28H38N4O6.3H2S/c33-17-22(16-21-11-14-29-24(21)34)30-25(35)23(15-19-7-3-1-4-8-19)31-26(36)28(12-13-28)32-27(37)38-18-20-9-5-2-6-10-20;;;/h2,5-6,9-10,17,19,21-23H,1,3-4,7-8,11-16,18H2,(H,29,34)(H,30,35)(H,31,36)(H,32,37);3*1H2/t21-,22-,23-;;;/m0.../s1. The van der Waals surface area contributed by atoms with E-state index in [0.29, 0.717) is 38.5 Å². The Balaban J connectivity index is 0.00000280. The molecule has 0 bridgehead atoms. The van der Waals surface area contributed by atoms with Crippen molar-refractivity contribution in [2.24, 2.45) is 11.8 Å². The van der Waals surface area contributed by atoms with E-state index in [1.165, 1.54) is 0 Å². The molecule has 230 valence electrons. The van der Waals surface area contributed by atoms with Gasteiger partial charge in [0.2, 0.25) is 17.7 Å². The summed E-state index contributed by atoms with van der Waals surface area (Å²) in [5.41, 5.74) is -0.272. The third kappa shape index (κ3) is 10.8. The number of carbonyl (C=O) groups excluding carboxylic acids is 5. The van der Waals surface area contributed by atoms with Gasteiger partial charge in [-0.3, -0.25) is 14.4 Å². The van der Waals surface area contributed by atoms with Crippen LogP contribution in [0.1, 0.15) is 69.8 Å². The van der Waals surface area contributed by atoms with E-state index in [0.717, 1.165) is 37.7 Å². The van der Waals surface area contributed by atoms with Gasteiger partial charge < -0.3 is 30.8 Å². The summed E-state index contributed by atoms with van der Waals surface area (Å²) < 4.78 is 5.29. The lowest BCUT2D eigenvalue weighted by molar-refractivity contribution is -0.132. The highest BCUT2D eigenvalue weighted by Gasteiger charge is 2.52. The molecule has 1 aliphatic heterocycles. The van der Waals surface area contributed by atoms with Gasteiger partial charge in [-0.1, -0.05) is 62.4 Å². The van der Waals surface area contributed by atoms with Crippen LogP contribution in [0.3, 0.4) is 0 Å². The lowest BCUT2D eigenvalue weighted by atomic mass is 9.84. The molecule has 2 saturated carbocycles. The monoisotopic (exact) mass is 628 g/mol. The lowest BCUT2D eigenvalue weighted by Gasteiger charge is -2.29. The van der Waals surface area contributed by atoms with Crippen LogP contribution in [-0.4, -0.2) is 54.3 Å². The molecule has 4 rings (SSSR count). The minimum absolute atomic E-state index is 0. The number of aldehydes is 1. The van der Waals surface area contributed by atoms with Gasteiger partial charge in [-0.05, 0) is 43.6 Å². The molecule has 3 atom stereocenters. The van der Waals surface area contributed by atoms with Crippen LogP contribution in [-0.2, 0) is 30.5 Å². The molecule has 0 aromatic heterocycles. The van der Waals surface area contributed by atoms with Crippen molar-refractivity contribution in [1.82, 2.24) is 21.3 Å². The average molecular weight is 629 g/mol. The largest absolute Gasteiger partial charge is 0.445 e. The smallest absolute Gasteiger partial charge is 0.408 e. The van der Waals surface area contributed by atoms with Gasteiger partial charge in [0, 0.05) is 12.5 Å². The van der Waals surface area contributed by atoms with Crippen molar-refractivity contribution in [2.45, 2.75) is 88.4 Å². The quantitative estimate of drug-likeness (QED) is 0.262. The number of amides is 4. The summed E-state index contributed by atoms with van der Waals surface area (Å²) >= 11 is 0. The summed E-state index contributed by atoms with van der Waals surface area (Å²) in [6.45, 7) is 0.648. The summed E-state index contributed by atoms with van der Waals surface area (Å²) in [6, 6.07) is 7.59. The molecule has 4 amide bonds. The van der Waals surface area contributed by atoms with E-state index in [4.69, 9.17) is 4.74 Å². The Bertz CT molecular complexity index is 1020. The molecule has 4 N–H and O–H groups in total. The zero-order valence-electron chi connectivity index (χ0n) is 23.2. The highest BCUT2D eigenvalue weighted by molar-refractivity contribution is 7.59. The van der Waals surface area contributed by atoms with Gasteiger partial charge >= 0.3 is 6.09 Å². The summed E-state index contributed by atoms with van der Waals surface area (Å²) in [5, 5.41) is 11.0. The predicted molar refractivity (Wildman–Crippen MR) is 170 cm³/mol. The SMILES string of the molecule is O=C[C@H](C[C@@H]1CCNC1=O)NC(=O)[C@H](CC1CCCCC1)NC(=O)C1(NC(=O)OCc2ccccc2)CC1.S.S.S. The zero-order chi connectivity index (χ0) is 27.0. The Morgan fingerprint density at radius 3 is 2.24 bits per heavy atom. The van der Waals surface area contributed by atoms with Crippen molar-refractivity contribution in [3.63, 3.8) is 0 Å². The third-order valence-corrected chi connectivity index (χ3v) is 7.85. The van der Waals surface area contributed by atoms with Crippen LogP contribution >= 0.6 is 40.5 Å². The van der Waals surface area contributed by atoms with Crippen LogP contribution in [0.2, 0.25) is 0 Å². The number of ether oxygens (including phenoxy) is 1. The molecule has 0 radical (unpaired) electrons. The summed E-state index contributed by atoms with van der Waals surface area (Å²) in [5.74, 6) is -1.02. The van der Waals surface area contributed by atoms with Crippen LogP contribution in [0, 0.1) is 11.8 Å². The first kappa shape index (κ1) is 36.6. The van der Waals surface area contributed by atoms with Gasteiger partial charge in [0.05, 0.1) is 6.04 Å². The van der Waals surface area contributed by atoms with Crippen molar-refractivity contribution >= 4 is 70.6 Å². The van der Waals surface area contributed by atoms with E-state index in [9.17, 15) is 24.0 Å². The van der Waals surface area contributed by atoms with Crippen molar-refractivity contribution in [3.8, 4) is 0 Å². The number of carbonyl (C=O) groups is 5. The number of benzene rings is 1. The first-order valence-electron chi connectivity index (χ1n) is 13.7. The van der Waals surface area contributed by atoms with Gasteiger partial charge in [0.25, 0.3) is 0 Å². The van der Waals surface area contributed by atoms with Crippen molar-refractivity contribution < 1.29 is 28.7 Å². The molecule has 1 aromatic rings. The number of alkyl carbamates (subject to hydrolysis) is 1. The Morgan fingerprint density at radius 2 is 1.66 bits per heavy atom. The number of hydrogen-bond donors (Lipinski definition) is 4. The Hall–Kier alpha value is -2.38. The molecule has 13 heteroatoms. The second-order valence-electron chi connectivity index (χ2n) is 10.8. The third-order valence-electron chi connectivity index (χ3n) is 7.85. The maximum atomic E-state index is 13.3. The van der Waals surface area contributed by atoms with Gasteiger partial charge in [-0.15, -0.1) is 0 Å². The van der Waals surface area contributed by atoms with E-state index < -0.39 is 35.5 Å². The fraction of sp³-hybridized carbons (Fsp3) is 0.607. The predicted octanol–water partition coefficient (Wildman–Crippen LogP) is 2.45. The second kappa shape index (κ2) is 17.5. The number of nitrogens with one attached hydrogen (secondary N) is 4. The van der Waals surface area contributed by atoms with E-state index in [-0.39, 0.29) is 71.3 Å². The van der Waals surface area contributed by atoms with Gasteiger partial charge in [-0.2, -0.15) is 40.5 Å². The van der Waals surface area contributed by atoms with Crippen molar-refractivity contribution in [3.05, 3.63) is 35.9 Å². The molecule has 3 fully saturated rings. The van der Waals surface area contributed by atoms with E-state index in [2.05, 4.69) is 21.3 Å². The molecule has 0 unspecified atom stereocenters. The summed E-state index contributed by atoms with van der Waals surface area (Å²) in [7, 11) is 0. The van der Waals surface area contributed by atoms with Crippen LogP contribution in [0.5, 0.6) is 0 Å². The maximum Gasteiger partial charge on any atom is 0.408 e. The van der Waals surface area contributed by atoms with Crippen LogP contribution in [0.15, 0.2) is 30.3 Å². The first-order valence-corrected chi connectivity index (χ1v) is 13.7. The average Bonchev–Trinajstić information content (AvgIpc) is 3.61. The van der Waals surface area contributed by atoms with E-state index in [1.54, 1.807) is 0 Å². The van der Waals surface area contributed by atoms with Crippen LogP contribution < -0.4 is 21.3 Å². The maximum absolute atomic E-state index is 13.3. The molecular formula is C28H44N4O6S3. The van der Waals surface area contributed by atoms with Crippen LogP contribution in [0.25, 0.3) is 0 Å². The molecular weight excluding hydrogens is 585 g/mol. The fourth-order valence-corrected chi connectivity index (χ4v) is 5.38. The first-order chi connectivity index (χ1) is 18.4. The Labute approximate surface area is 262 Å². The molecule has 41 heavy (non-hydrogen) atoms. The second-order valence-corrected chi connectivity index (χ2v) is 10.8. The van der Waals surface area contributed by atoms with E-state index in [1.807, 2.05) is 30.3 Å². The number of hydrogen-bond acceptors (Lipinski definition) is 6. The molecule has 10 nitrogen and oxygen atoms in total. The Kier molecular flexibility index (Phi) is 15.7. The van der Waals surface area contributed by atoms with Gasteiger partial charge in [0.15, 0.2) is 0 Å². The number of rotatable bonds is 12. The van der Waals surface area contributed by atoms with Gasteiger partial charge in [-0.25, -0.2) is 4.79 Å². The highest BCUT2D eigenvalue weighted by Crippen LogP contribution is 2.36. The van der Waals surface area contributed by atoms with Crippen molar-refractivity contribution in [1.29, 1.82) is 0 Å². The van der Waals surface area contributed by atoms with Crippen LogP contribution in [0.4, 0.5) is 4.79 Å². The fourth-order valence-electron chi connectivity index (χ4n) is 5.38. The highest BCUT2D eigenvalue weighted by atomic mass is 32.1. The Morgan fingerprint density at radius 1 is 0.976 bits per heavy atom. The molecule has 2 aliphatic carbocycles. The van der Waals surface area contributed by atoms with Gasteiger partial charge in [0.1, 0.15) is 24.5 Å². The molecule has 1 aromatic carbocycles. The van der Waals surface area contributed by atoms with Crippen molar-refractivity contribution in [2.75, 3.05) is 6.54 Å². The summed E-state index contributed by atoms with van der Waals surface area (Å²) in [4.78, 5) is 62.7. The minimum Gasteiger partial charge on any atom is -0.445 e. The molecule has 0 spiro atoms. The molecule has 1 heterocycles. The lowest BCUT2D eigenvalue weighted by Crippen LogP contribution is -2.57. The molecule has 1 saturated heterocycles. The summed E-state index contributed by atoms with van der Waals surface area (Å²) in [6.07, 6.45) is 7.45. The normalized spacial score (nSPS) is 20.3.